The number of ether oxygens (including phenoxy) is 2. The normalized spacial score (nSPS) is 14.0. The van der Waals surface area contributed by atoms with Gasteiger partial charge in [0.1, 0.15) is 0 Å². The summed E-state index contributed by atoms with van der Waals surface area (Å²) in [7, 11) is 1.39. The number of methoxy groups -OCH3 is 1. The summed E-state index contributed by atoms with van der Waals surface area (Å²) in [4.78, 5) is 14.8. The number of benzene rings is 2. The first-order chi connectivity index (χ1) is 15.1. The smallest absolute Gasteiger partial charge is 0.232 e. The second-order valence-electron chi connectivity index (χ2n) is 7.11. The van der Waals surface area contributed by atoms with Gasteiger partial charge in [-0.25, -0.2) is 4.39 Å². The number of carbonyl (C=O) groups excluding carboxylic acids is 1. The molecule has 0 spiro atoms. The van der Waals surface area contributed by atoms with Gasteiger partial charge in [-0.15, -0.1) is 10.2 Å². The highest BCUT2D eigenvalue weighted by Gasteiger charge is 2.22. The van der Waals surface area contributed by atoms with Crippen molar-refractivity contribution in [1.29, 1.82) is 0 Å². The number of aryl methyl sites for hydroxylation is 1. The standard InChI is InChI=1S/C22H23FN4O3S/c1-15-3-6-17(7-4-15)27-21(26-9-11-30-12-10-26)24-25-22(27)31-14-19(28)16-5-8-20(29-2)18(23)13-16/h3-8,13H,9-12,14H2,1-2H3. The van der Waals surface area contributed by atoms with E-state index in [1.54, 1.807) is 6.07 Å². The molecule has 9 heteroatoms. The second kappa shape index (κ2) is 9.49. The Labute approximate surface area is 184 Å². The van der Waals surface area contributed by atoms with E-state index in [2.05, 4.69) is 15.1 Å². The van der Waals surface area contributed by atoms with Crippen LogP contribution >= 0.6 is 11.8 Å². The minimum Gasteiger partial charge on any atom is -0.494 e. The number of aromatic nitrogens is 3. The largest absolute Gasteiger partial charge is 0.494 e. The molecule has 7 nitrogen and oxygen atoms in total. The molecule has 162 valence electrons. The summed E-state index contributed by atoms with van der Waals surface area (Å²) in [5.41, 5.74) is 2.36. The topological polar surface area (TPSA) is 69.5 Å². The number of nitrogens with zero attached hydrogens (tertiary/aromatic N) is 4. The van der Waals surface area contributed by atoms with Gasteiger partial charge >= 0.3 is 0 Å². The number of anilines is 1. The van der Waals surface area contributed by atoms with Crippen LogP contribution in [0.25, 0.3) is 5.69 Å². The van der Waals surface area contributed by atoms with Crippen molar-refractivity contribution in [3.63, 3.8) is 0 Å². The Balaban J connectivity index is 1.59. The zero-order valence-electron chi connectivity index (χ0n) is 17.4. The number of thioether (sulfide) groups is 1. The number of hydrogen-bond donors (Lipinski definition) is 0. The zero-order chi connectivity index (χ0) is 21.8. The van der Waals surface area contributed by atoms with Gasteiger partial charge < -0.3 is 14.4 Å². The van der Waals surface area contributed by atoms with E-state index in [0.717, 1.165) is 30.3 Å². The molecule has 0 bridgehead atoms. The molecule has 1 fully saturated rings. The molecule has 0 aliphatic carbocycles. The number of halogens is 1. The Kier molecular flexibility index (Phi) is 6.53. The Morgan fingerprint density at radius 1 is 1.16 bits per heavy atom. The number of Topliss-reactive ketones (excluding diaryl/α,β-unsaturated/α-hetero) is 1. The first kappa shape index (κ1) is 21.3. The van der Waals surface area contributed by atoms with E-state index in [9.17, 15) is 9.18 Å². The molecular weight excluding hydrogens is 419 g/mol. The van der Waals surface area contributed by atoms with Gasteiger partial charge in [0.05, 0.1) is 31.8 Å². The average molecular weight is 443 g/mol. The third kappa shape index (κ3) is 4.72. The van der Waals surface area contributed by atoms with Crippen LogP contribution in [0.3, 0.4) is 0 Å². The van der Waals surface area contributed by atoms with Crippen molar-refractivity contribution in [2.24, 2.45) is 0 Å². The Hall–Kier alpha value is -2.91. The summed E-state index contributed by atoms with van der Waals surface area (Å²) in [6, 6.07) is 12.3. The van der Waals surface area contributed by atoms with Crippen LogP contribution in [0.4, 0.5) is 10.3 Å². The van der Waals surface area contributed by atoms with Crippen molar-refractivity contribution in [2.75, 3.05) is 44.1 Å². The number of ketones is 1. The predicted octanol–water partition coefficient (Wildman–Crippen LogP) is 3.54. The van der Waals surface area contributed by atoms with Crippen molar-refractivity contribution in [2.45, 2.75) is 12.1 Å². The van der Waals surface area contributed by atoms with Crippen LogP contribution in [-0.4, -0.2) is 59.7 Å². The summed E-state index contributed by atoms with van der Waals surface area (Å²) in [5.74, 6) is 0.184. The molecule has 3 aromatic rings. The van der Waals surface area contributed by atoms with Gasteiger partial charge in [-0.2, -0.15) is 0 Å². The lowest BCUT2D eigenvalue weighted by Crippen LogP contribution is -2.37. The van der Waals surface area contributed by atoms with Gasteiger partial charge in [-0.05, 0) is 37.3 Å². The maximum Gasteiger partial charge on any atom is 0.232 e. The second-order valence-corrected chi connectivity index (χ2v) is 8.06. The quantitative estimate of drug-likeness (QED) is 0.409. The lowest BCUT2D eigenvalue weighted by Gasteiger charge is -2.27. The van der Waals surface area contributed by atoms with Crippen molar-refractivity contribution in [1.82, 2.24) is 14.8 Å². The van der Waals surface area contributed by atoms with Crippen molar-refractivity contribution in [3.05, 3.63) is 59.4 Å². The number of morpholine rings is 1. The summed E-state index contributed by atoms with van der Waals surface area (Å²) < 4.78 is 26.3. The molecule has 1 aliphatic heterocycles. The molecule has 2 heterocycles. The summed E-state index contributed by atoms with van der Waals surface area (Å²) in [6.07, 6.45) is 0. The fraction of sp³-hybridized carbons (Fsp3) is 0.318. The molecule has 0 unspecified atom stereocenters. The van der Waals surface area contributed by atoms with Crippen LogP contribution in [0.1, 0.15) is 15.9 Å². The molecule has 0 saturated carbocycles. The SMILES string of the molecule is COc1ccc(C(=O)CSc2nnc(N3CCOCC3)n2-c2ccc(C)cc2)cc1F. The summed E-state index contributed by atoms with van der Waals surface area (Å²) in [6.45, 7) is 4.73. The van der Waals surface area contributed by atoms with Gasteiger partial charge in [-0.1, -0.05) is 29.5 Å². The minimum atomic E-state index is -0.559. The van der Waals surface area contributed by atoms with E-state index in [4.69, 9.17) is 9.47 Å². The number of carbonyl (C=O) groups is 1. The van der Waals surface area contributed by atoms with Crippen LogP contribution in [-0.2, 0) is 4.74 Å². The Bertz CT molecular complexity index is 1070. The Morgan fingerprint density at radius 3 is 2.58 bits per heavy atom. The molecule has 31 heavy (non-hydrogen) atoms. The molecule has 0 atom stereocenters. The molecular formula is C22H23FN4O3S. The molecule has 4 rings (SSSR count). The van der Waals surface area contributed by atoms with Crippen LogP contribution in [0.15, 0.2) is 47.6 Å². The lowest BCUT2D eigenvalue weighted by atomic mass is 10.1. The van der Waals surface area contributed by atoms with E-state index in [1.165, 1.54) is 31.0 Å². The third-order valence-electron chi connectivity index (χ3n) is 5.01. The van der Waals surface area contributed by atoms with Crippen molar-refractivity contribution < 1.29 is 18.7 Å². The van der Waals surface area contributed by atoms with Crippen LogP contribution < -0.4 is 9.64 Å². The van der Waals surface area contributed by atoms with E-state index in [0.29, 0.717) is 23.9 Å². The fourth-order valence-corrected chi connectivity index (χ4v) is 4.14. The van der Waals surface area contributed by atoms with Gasteiger partial charge in [0, 0.05) is 18.7 Å². The van der Waals surface area contributed by atoms with Crippen LogP contribution in [0, 0.1) is 12.7 Å². The Morgan fingerprint density at radius 2 is 1.90 bits per heavy atom. The highest BCUT2D eigenvalue weighted by atomic mass is 32.2. The molecule has 1 aliphatic rings. The molecule has 0 N–H and O–H groups in total. The van der Waals surface area contributed by atoms with Gasteiger partial charge in [0.15, 0.2) is 22.5 Å². The third-order valence-corrected chi connectivity index (χ3v) is 5.94. The van der Waals surface area contributed by atoms with E-state index < -0.39 is 5.82 Å². The van der Waals surface area contributed by atoms with Crippen LogP contribution in [0.5, 0.6) is 5.75 Å². The summed E-state index contributed by atoms with van der Waals surface area (Å²) >= 11 is 1.28. The maximum absolute atomic E-state index is 14.0. The lowest BCUT2D eigenvalue weighted by molar-refractivity contribution is 0.102. The predicted molar refractivity (Wildman–Crippen MR) is 117 cm³/mol. The molecule has 1 aromatic heterocycles. The first-order valence-corrected chi connectivity index (χ1v) is 10.9. The molecule has 0 radical (unpaired) electrons. The van der Waals surface area contributed by atoms with Gasteiger partial charge in [0.2, 0.25) is 5.95 Å². The van der Waals surface area contributed by atoms with E-state index >= 15 is 0 Å². The van der Waals surface area contributed by atoms with Gasteiger partial charge in [-0.3, -0.25) is 9.36 Å². The molecule has 0 amide bonds. The van der Waals surface area contributed by atoms with Crippen molar-refractivity contribution in [3.8, 4) is 11.4 Å². The van der Waals surface area contributed by atoms with Crippen molar-refractivity contribution >= 4 is 23.5 Å². The molecule has 1 saturated heterocycles. The van der Waals surface area contributed by atoms with E-state index in [-0.39, 0.29) is 17.3 Å². The minimum absolute atomic E-state index is 0.110. The summed E-state index contributed by atoms with van der Waals surface area (Å²) in [5, 5.41) is 9.35. The maximum atomic E-state index is 14.0. The average Bonchev–Trinajstić information content (AvgIpc) is 3.22. The highest BCUT2D eigenvalue weighted by Crippen LogP contribution is 2.28. The fourth-order valence-electron chi connectivity index (χ4n) is 3.30. The highest BCUT2D eigenvalue weighted by molar-refractivity contribution is 7.99. The number of hydrogen-bond acceptors (Lipinski definition) is 7. The monoisotopic (exact) mass is 442 g/mol. The van der Waals surface area contributed by atoms with Gasteiger partial charge in [0.25, 0.3) is 0 Å². The van der Waals surface area contributed by atoms with Crippen LogP contribution in [0.2, 0.25) is 0 Å². The molecule has 2 aromatic carbocycles. The number of rotatable bonds is 7. The van der Waals surface area contributed by atoms with E-state index in [1.807, 2.05) is 35.8 Å². The first-order valence-electron chi connectivity index (χ1n) is 9.91. The zero-order valence-corrected chi connectivity index (χ0v) is 18.2.